The summed E-state index contributed by atoms with van der Waals surface area (Å²) in [7, 11) is 0. The number of nitriles is 2. The van der Waals surface area contributed by atoms with Crippen molar-refractivity contribution in [2.45, 2.75) is 19.8 Å². The number of benzene rings is 1. The van der Waals surface area contributed by atoms with Crippen LogP contribution in [0.1, 0.15) is 25.3 Å². The summed E-state index contributed by atoms with van der Waals surface area (Å²) in [6, 6.07) is 13.8. The highest BCUT2D eigenvalue weighted by Crippen LogP contribution is 2.40. The zero-order valence-electron chi connectivity index (χ0n) is 9.57. The molecule has 0 spiro atoms. The molecular formula is C14H14N2. The summed E-state index contributed by atoms with van der Waals surface area (Å²) in [6.07, 6.45) is 0. The van der Waals surface area contributed by atoms with Gasteiger partial charge >= 0.3 is 0 Å². The van der Waals surface area contributed by atoms with E-state index in [0.29, 0.717) is 5.57 Å². The first-order valence-corrected chi connectivity index (χ1v) is 5.12. The van der Waals surface area contributed by atoms with Gasteiger partial charge in [-0.2, -0.15) is 10.5 Å². The van der Waals surface area contributed by atoms with Crippen molar-refractivity contribution in [3.63, 3.8) is 0 Å². The first kappa shape index (κ1) is 12.0. The van der Waals surface area contributed by atoms with E-state index in [1.807, 2.05) is 37.3 Å². The zero-order valence-corrected chi connectivity index (χ0v) is 9.57. The second kappa shape index (κ2) is 4.64. The summed E-state index contributed by atoms with van der Waals surface area (Å²) < 4.78 is 0. The Hall–Kier alpha value is -2.06. The Labute approximate surface area is 96.4 Å². The van der Waals surface area contributed by atoms with E-state index in [-0.39, 0.29) is 5.92 Å². The molecule has 0 aromatic heterocycles. The lowest BCUT2D eigenvalue weighted by molar-refractivity contribution is 0.509. The Kier molecular flexibility index (Phi) is 3.48. The molecule has 0 saturated heterocycles. The SMILES string of the molecule is C=C(C)C(C#N)(C#N)[C@@H](C)c1ccccc1. The molecule has 1 aromatic rings. The smallest absolute Gasteiger partial charge is 0.170 e. The Morgan fingerprint density at radius 1 is 1.25 bits per heavy atom. The van der Waals surface area contributed by atoms with Crippen LogP contribution in [0.25, 0.3) is 0 Å². The van der Waals surface area contributed by atoms with E-state index < -0.39 is 5.41 Å². The van der Waals surface area contributed by atoms with Crippen LogP contribution >= 0.6 is 0 Å². The lowest BCUT2D eigenvalue weighted by atomic mass is 9.71. The van der Waals surface area contributed by atoms with Gasteiger partial charge in [0.25, 0.3) is 0 Å². The maximum absolute atomic E-state index is 9.25. The predicted octanol–water partition coefficient (Wildman–Crippen LogP) is 3.40. The van der Waals surface area contributed by atoms with Crippen molar-refractivity contribution < 1.29 is 0 Å². The van der Waals surface area contributed by atoms with Crippen molar-refractivity contribution in [2.75, 3.05) is 0 Å². The third kappa shape index (κ3) is 1.83. The van der Waals surface area contributed by atoms with Gasteiger partial charge in [0.05, 0.1) is 12.1 Å². The second-order valence-corrected chi connectivity index (χ2v) is 3.94. The van der Waals surface area contributed by atoms with Crippen LogP contribution in [-0.4, -0.2) is 0 Å². The van der Waals surface area contributed by atoms with Crippen LogP contribution in [0, 0.1) is 28.1 Å². The second-order valence-electron chi connectivity index (χ2n) is 3.94. The average Bonchev–Trinajstić information content (AvgIpc) is 2.32. The highest BCUT2D eigenvalue weighted by Gasteiger charge is 2.38. The normalized spacial score (nSPS) is 12.2. The molecule has 0 aliphatic carbocycles. The van der Waals surface area contributed by atoms with E-state index in [2.05, 4.69) is 18.7 Å². The molecule has 0 heterocycles. The molecular weight excluding hydrogens is 196 g/mol. The fourth-order valence-electron chi connectivity index (χ4n) is 1.77. The lowest BCUT2D eigenvalue weighted by Crippen LogP contribution is -2.24. The number of hydrogen-bond acceptors (Lipinski definition) is 2. The van der Waals surface area contributed by atoms with Crippen molar-refractivity contribution >= 4 is 0 Å². The van der Waals surface area contributed by atoms with E-state index in [9.17, 15) is 10.5 Å². The van der Waals surface area contributed by atoms with Gasteiger partial charge in [-0.1, -0.05) is 43.8 Å². The summed E-state index contributed by atoms with van der Waals surface area (Å²) in [5.74, 6) is -0.179. The van der Waals surface area contributed by atoms with E-state index in [1.165, 1.54) is 0 Å². The molecule has 2 heteroatoms. The molecule has 0 aliphatic heterocycles. The maximum Gasteiger partial charge on any atom is 0.170 e. The summed E-state index contributed by atoms with van der Waals surface area (Å²) >= 11 is 0. The van der Waals surface area contributed by atoms with Crippen LogP contribution in [0.15, 0.2) is 42.5 Å². The van der Waals surface area contributed by atoms with E-state index in [4.69, 9.17) is 0 Å². The van der Waals surface area contributed by atoms with Gasteiger partial charge in [-0.05, 0) is 18.1 Å². The van der Waals surface area contributed by atoms with Crippen molar-refractivity contribution in [3.8, 4) is 12.1 Å². The van der Waals surface area contributed by atoms with Crippen molar-refractivity contribution in [1.29, 1.82) is 10.5 Å². The Bertz CT molecular complexity index is 446. The Morgan fingerprint density at radius 3 is 2.12 bits per heavy atom. The third-order valence-corrected chi connectivity index (χ3v) is 2.97. The minimum atomic E-state index is -1.14. The summed E-state index contributed by atoms with van der Waals surface area (Å²) in [6.45, 7) is 7.38. The van der Waals surface area contributed by atoms with Crippen LogP contribution < -0.4 is 0 Å². The van der Waals surface area contributed by atoms with Gasteiger partial charge in [-0.3, -0.25) is 0 Å². The molecule has 1 atom stereocenters. The van der Waals surface area contributed by atoms with Gasteiger partial charge in [-0.25, -0.2) is 0 Å². The third-order valence-electron chi connectivity index (χ3n) is 2.97. The fraction of sp³-hybridized carbons (Fsp3) is 0.286. The molecule has 0 fully saturated rings. The van der Waals surface area contributed by atoms with E-state index >= 15 is 0 Å². The molecule has 0 N–H and O–H groups in total. The first-order valence-electron chi connectivity index (χ1n) is 5.12. The molecule has 0 aliphatic rings. The number of rotatable bonds is 3. The molecule has 0 amide bonds. The van der Waals surface area contributed by atoms with Gasteiger partial charge in [0.2, 0.25) is 0 Å². The van der Waals surface area contributed by atoms with Crippen LogP contribution in [0.5, 0.6) is 0 Å². The van der Waals surface area contributed by atoms with Crippen molar-refractivity contribution in [2.24, 2.45) is 5.41 Å². The van der Waals surface area contributed by atoms with Crippen LogP contribution in [0.2, 0.25) is 0 Å². The zero-order chi connectivity index (χ0) is 12.2. The molecule has 1 aromatic carbocycles. The van der Waals surface area contributed by atoms with Gasteiger partial charge < -0.3 is 0 Å². The monoisotopic (exact) mass is 210 g/mol. The minimum Gasteiger partial charge on any atom is -0.196 e. The Balaban J connectivity index is 3.23. The van der Waals surface area contributed by atoms with Crippen LogP contribution in [-0.2, 0) is 0 Å². The van der Waals surface area contributed by atoms with Crippen molar-refractivity contribution in [3.05, 3.63) is 48.0 Å². The molecule has 0 unspecified atom stereocenters. The van der Waals surface area contributed by atoms with Crippen LogP contribution in [0.3, 0.4) is 0 Å². The first-order chi connectivity index (χ1) is 7.58. The maximum atomic E-state index is 9.25. The predicted molar refractivity (Wildman–Crippen MR) is 63.3 cm³/mol. The lowest BCUT2D eigenvalue weighted by Gasteiger charge is -2.26. The standard InChI is InChI=1S/C14H14N2/c1-11(2)14(9-15,10-16)12(3)13-7-5-4-6-8-13/h4-8,12H,1H2,2-3H3/t12-/m0/s1. The highest BCUT2D eigenvalue weighted by atomic mass is 14.5. The molecule has 1 rings (SSSR count). The largest absolute Gasteiger partial charge is 0.196 e. The van der Waals surface area contributed by atoms with Crippen molar-refractivity contribution in [1.82, 2.24) is 0 Å². The molecule has 2 nitrogen and oxygen atoms in total. The molecule has 80 valence electrons. The molecule has 0 saturated carbocycles. The van der Waals surface area contributed by atoms with Gasteiger partial charge in [0.15, 0.2) is 5.41 Å². The minimum absolute atomic E-state index is 0.179. The van der Waals surface area contributed by atoms with Crippen LogP contribution in [0.4, 0.5) is 0 Å². The number of nitrogens with zero attached hydrogens (tertiary/aromatic N) is 2. The highest BCUT2D eigenvalue weighted by molar-refractivity contribution is 5.38. The molecule has 0 bridgehead atoms. The van der Waals surface area contributed by atoms with Gasteiger partial charge in [0, 0.05) is 5.92 Å². The molecule has 0 radical (unpaired) electrons. The summed E-state index contributed by atoms with van der Waals surface area (Å²) in [4.78, 5) is 0. The van der Waals surface area contributed by atoms with Gasteiger partial charge in [0.1, 0.15) is 0 Å². The topological polar surface area (TPSA) is 47.6 Å². The fourth-order valence-corrected chi connectivity index (χ4v) is 1.77. The number of allylic oxidation sites excluding steroid dienone is 1. The Morgan fingerprint density at radius 2 is 1.75 bits per heavy atom. The van der Waals surface area contributed by atoms with E-state index in [1.54, 1.807) is 6.92 Å². The quantitative estimate of drug-likeness (QED) is 0.718. The number of hydrogen-bond donors (Lipinski definition) is 0. The summed E-state index contributed by atoms with van der Waals surface area (Å²) in [5, 5.41) is 18.5. The van der Waals surface area contributed by atoms with Gasteiger partial charge in [-0.15, -0.1) is 0 Å². The summed E-state index contributed by atoms with van der Waals surface area (Å²) in [5.41, 5.74) is 0.434. The molecule has 16 heavy (non-hydrogen) atoms. The van der Waals surface area contributed by atoms with E-state index in [0.717, 1.165) is 5.56 Å². The average molecular weight is 210 g/mol.